The van der Waals surface area contributed by atoms with E-state index in [9.17, 15) is 4.79 Å². The Labute approximate surface area is 86.4 Å². The fourth-order valence-electron chi connectivity index (χ4n) is 1.58. The summed E-state index contributed by atoms with van der Waals surface area (Å²) < 4.78 is 0. The maximum absolute atomic E-state index is 11.4. The summed E-state index contributed by atoms with van der Waals surface area (Å²) in [6.45, 7) is 2.84. The zero-order chi connectivity index (χ0) is 10.4. The molecule has 1 fully saturated rings. The Bertz CT molecular complexity index is 178. The Balaban J connectivity index is 1.95. The summed E-state index contributed by atoms with van der Waals surface area (Å²) in [7, 11) is 0. The van der Waals surface area contributed by atoms with Gasteiger partial charge in [0.05, 0.1) is 6.04 Å². The van der Waals surface area contributed by atoms with Gasteiger partial charge >= 0.3 is 0 Å². The molecule has 3 nitrogen and oxygen atoms in total. The molecule has 0 radical (unpaired) electrons. The third-order valence-corrected chi connectivity index (χ3v) is 2.72. The van der Waals surface area contributed by atoms with E-state index in [0.29, 0.717) is 0 Å². The zero-order valence-electron chi connectivity index (χ0n) is 9.09. The molecule has 14 heavy (non-hydrogen) atoms. The van der Waals surface area contributed by atoms with Crippen molar-refractivity contribution in [2.24, 2.45) is 11.7 Å². The summed E-state index contributed by atoms with van der Waals surface area (Å²) in [5.41, 5.74) is 5.67. The minimum atomic E-state index is -0.305. The first-order chi connectivity index (χ1) is 6.74. The molecule has 82 valence electrons. The van der Waals surface area contributed by atoms with Crippen LogP contribution in [-0.4, -0.2) is 18.5 Å². The van der Waals surface area contributed by atoms with Crippen LogP contribution in [0.3, 0.4) is 0 Å². The highest BCUT2D eigenvalue weighted by Gasteiger charge is 2.20. The van der Waals surface area contributed by atoms with Crippen molar-refractivity contribution in [1.29, 1.82) is 0 Å². The summed E-state index contributed by atoms with van der Waals surface area (Å²) >= 11 is 0. The van der Waals surface area contributed by atoms with Gasteiger partial charge < -0.3 is 11.1 Å². The molecule has 3 N–H and O–H groups in total. The van der Waals surface area contributed by atoms with Crippen LogP contribution in [0.1, 0.15) is 45.4 Å². The number of carbonyl (C=O) groups excluding carboxylic acids is 1. The normalized spacial score (nSPS) is 17.9. The molecular weight excluding hydrogens is 176 g/mol. The number of nitrogens with two attached hydrogens (primary N) is 1. The van der Waals surface area contributed by atoms with Crippen LogP contribution in [0.2, 0.25) is 0 Å². The van der Waals surface area contributed by atoms with Crippen LogP contribution in [0.15, 0.2) is 0 Å². The minimum absolute atomic E-state index is 0.0163. The quantitative estimate of drug-likeness (QED) is 0.608. The van der Waals surface area contributed by atoms with Crippen LogP contribution in [0, 0.1) is 5.92 Å². The van der Waals surface area contributed by atoms with E-state index in [2.05, 4.69) is 5.32 Å². The lowest BCUT2D eigenvalue weighted by Crippen LogP contribution is -2.40. The molecule has 1 atom stereocenters. The van der Waals surface area contributed by atoms with Crippen LogP contribution in [-0.2, 0) is 4.79 Å². The zero-order valence-corrected chi connectivity index (χ0v) is 9.09. The smallest absolute Gasteiger partial charge is 0.236 e. The van der Waals surface area contributed by atoms with E-state index in [-0.39, 0.29) is 11.9 Å². The van der Waals surface area contributed by atoms with Crippen molar-refractivity contribution in [3.63, 3.8) is 0 Å². The average Bonchev–Trinajstić information content (AvgIpc) is 2.96. The maximum Gasteiger partial charge on any atom is 0.236 e. The van der Waals surface area contributed by atoms with Crippen LogP contribution in [0.5, 0.6) is 0 Å². The van der Waals surface area contributed by atoms with Gasteiger partial charge in [-0.05, 0) is 25.2 Å². The van der Waals surface area contributed by atoms with Crippen molar-refractivity contribution in [2.45, 2.75) is 51.5 Å². The molecule has 0 aliphatic heterocycles. The van der Waals surface area contributed by atoms with E-state index < -0.39 is 0 Å². The predicted octanol–water partition coefficient (Wildman–Crippen LogP) is 1.42. The van der Waals surface area contributed by atoms with Gasteiger partial charge in [-0.15, -0.1) is 0 Å². The van der Waals surface area contributed by atoms with Gasteiger partial charge in [0.1, 0.15) is 0 Å². The fourth-order valence-corrected chi connectivity index (χ4v) is 1.58. The van der Waals surface area contributed by atoms with E-state index in [4.69, 9.17) is 5.73 Å². The maximum atomic E-state index is 11.4. The highest BCUT2D eigenvalue weighted by atomic mass is 16.2. The number of hydrogen-bond acceptors (Lipinski definition) is 2. The molecule has 0 spiro atoms. The second kappa shape index (κ2) is 6.02. The van der Waals surface area contributed by atoms with Crippen molar-refractivity contribution in [3.05, 3.63) is 0 Å². The second-order valence-electron chi connectivity index (χ2n) is 4.27. The molecule has 0 unspecified atom stereocenters. The molecule has 1 amide bonds. The largest absolute Gasteiger partial charge is 0.355 e. The van der Waals surface area contributed by atoms with Gasteiger partial charge in [-0.25, -0.2) is 0 Å². The molecule has 1 rings (SSSR count). The molecule has 1 saturated carbocycles. The Morgan fingerprint density at radius 3 is 2.86 bits per heavy atom. The van der Waals surface area contributed by atoms with Gasteiger partial charge in [0.25, 0.3) is 0 Å². The van der Waals surface area contributed by atoms with E-state index in [1.165, 1.54) is 19.3 Å². The van der Waals surface area contributed by atoms with Crippen LogP contribution in [0.4, 0.5) is 0 Å². The highest BCUT2D eigenvalue weighted by Crippen LogP contribution is 2.33. The molecule has 0 aromatic rings. The highest BCUT2D eigenvalue weighted by molar-refractivity contribution is 5.81. The summed E-state index contributed by atoms with van der Waals surface area (Å²) in [4.78, 5) is 11.4. The second-order valence-corrected chi connectivity index (χ2v) is 4.27. The van der Waals surface area contributed by atoms with E-state index >= 15 is 0 Å². The monoisotopic (exact) mass is 198 g/mol. The van der Waals surface area contributed by atoms with Crippen LogP contribution >= 0.6 is 0 Å². The first kappa shape index (κ1) is 11.5. The van der Waals surface area contributed by atoms with Gasteiger partial charge in [-0.2, -0.15) is 0 Å². The summed E-state index contributed by atoms with van der Waals surface area (Å²) in [6, 6.07) is -0.305. The molecule has 0 heterocycles. The van der Waals surface area contributed by atoms with E-state index in [0.717, 1.165) is 31.7 Å². The van der Waals surface area contributed by atoms with Crippen LogP contribution < -0.4 is 11.1 Å². The van der Waals surface area contributed by atoms with Crippen molar-refractivity contribution < 1.29 is 4.79 Å². The molecule has 0 aromatic carbocycles. The SMILES string of the molecule is CCC[C@@H](N)C(=O)NCCCC1CC1. The lowest BCUT2D eigenvalue weighted by Gasteiger charge is -2.10. The third kappa shape index (κ3) is 4.61. The average molecular weight is 198 g/mol. The molecule has 0 bridgehead atoms. The van der Waals surface area contributed by atoms with E-state index in [1.54, 1.807) is 0 Å². The van der Waals surface area contributed by atoms with Gasteiger partial charge in [0.2, 0.25) is 5.91 Å². The van der Waals surface area contributed by atoms with Crippen molar-refractivity contribution in [3.8, 4) is 0 Å². The fraction of sp³-hybridized carbons (Fsp3) is 0.909. The van der Waals surface area contributed by atoms with Gasteiger partial charge in [0, 0.05) is 6.54 Å². The first-order valence-electron chi connectivity index (χ1n) is 5.77. The number of amides is 1. The lowest BCUT2D eigenvalue weighted by atomic mass is 10.1. The third-order valence-electron chi connectivity index (χ3n) is 2.72. The minimum Gasteiger partial charge on any atom is -0.355 e. The Hall–Kier alpha value is -0.570. The number of rotatable bonds is 7. The summed E-state index contributed by atoms with van der Waals surface area (Å²) in [5, 5.41) is 2.89. The van der Waals surface area contributed by atoms with Crippen molar-refractivity contribution >= 4 is 5.91 Å². The molecule has 1 aliphatic rings. The van der Waals surface area contributed by atoms with Crippen LogP contribution in [0.25, 0.3) is 0 Å². The van der Waals surface area contributed by atoms with E-state index in [1.807, 2.05) is 6.92 Å². The number of hydrogen-bond donors (Lipinski definition) is 2. The van der Waals surface area contributed by atoms with Crippen molar-refractivity contribution in [2.75, 3.05) is 6.54 Å². The Morgan fingerprint density at radius 2 is 2.29 bits per heavy atom. The van der Waals surface area contributed by atoms with Gasteiger partial charge in [0.15, 0.2) is 0 Å². The summed E-state index contributed by atoms with van der Waals surface area (Å²) in [6.07, 6.45) is 6.91. The Kier molecular flexibility index (Phi) is 4.94. The Morgan fingerprint density at radius 1 is 1.57 bits per heavy atom. The number of carbonyl (C=O) groups is 1. The van der Waals surface area contributed by atoms with Crippen molar-refractivity contribution in [1.82, 2.24) is 5.32 Å². The molecule has 1 aliphatic carbocycles. The molecule has 3 heteroatoms. The number of nitrogens with one attached hydrogen (secondary N) is 1. The topological polar surface area (TPSA) is 55.1 Å². The van der Waals surface area contributed by atoms with Gasteiger partial charge in [-0.3, -0.25) is 4.79 Å². The predicted molar refractivity (Wildman–Crippen MR) is 57.9 cm³/mol. The first-order valence-corrected chi connectivity index (χ1v) is 5.77. The standard InChI is InChI=1S/C11H22N2O/c1-2-4-10(12)11(14)13-8-3-5-9-6-7-9/h9-10H,2-8,12H2,1H3,(H,13,14)/t10-/m1/s1. The molecule has 0 saturated heterocycles. The van der Waals surface area contributed by atoms with Gasteiger partial charge in [-0.1, -0.05) is 26.2 Å². The molecular formula is C11H22N2O. The molecule has 0 aromatic heterocycles. The lowest BCUT2D eigenvalue weighted by molar-refractivity contribution is -0.122. The summed E-state index contributed by atoms with van der Waals surface area (Å²) in [5.74, 6) is 0.971.